The Kier molecular flexibility index (Phi) is 11.2. The molecule has 1 amide bonds. The molecule has 6 nitrogen and oxygen atoms in total. The molecule has 0 bridgehead atoms. The third kappa shape index (κ3) is 7.90. The maximum Gasteiger partial charge on any atom is 0.243 e. The Labute approximate surface area is 174 Å². The highest BCUT2D eigenvalue weighted by molar-refractivity contribution is 14.0. The van der Waals surface area contributed by atoms with Crippen molar-refractivity contribution >= 4 is 47.6 Å². The Bertz CT molecular complexity index is 429. The number of nitrogens with zero attached hydrogens (tertiary/aromatic N) is 3. The molecule has 0 aromatic carbocycles. The van der Waals surface area contributed by atoms with E-state index in [4.69, 9.17) is 0 Å². The van der Waals surface area contributed by atoms with E-state index in [9.17, 15) is 4.79 Å². The van der Waals surface area contributed by atoms with Gasteiger partial charge in [-0.3, -0.25) is 9.69 Å². The Morgan fingerprint density at radius 2 is 2.00 bits per heavy atom. The van der Waals surface area contributed by atoms with Gasteiger partial charge in [0.25, 0.3) is 0 Å². The summed E-state index contributed by atoms with van der Waals surface area (Å²) in [4.78, 5) is 20.4. The topological polar surface area (TPSA) is 60.0 Å². The van der Waals surface area contributed by atoms with Gasteiger partial charge in [-0.1, -0.05) is 6.92 Å². The lowest BCUT2D eigenvalue weighted by Crippen LogP contribution is -2.46. The van der Waals surface area contributed by atoms with Crippen molar-refractivity contribution in [1.82, 2.24) is 20.4 Å². The zero-order valence-corrected chi connectivity index (χ0v) is 18.9. The maximum atomic E-state index is 11.8. The van der Waals surface area contributed by atoms with Crippen LogP contribution in [0.3, 0.4) is 0 Å². The van der Waals surface area contributed by atoms with Gasteiger partial charge in [-0.25, -0.2) is 4.99 Å². The second-order valence-electron chi connectivity index (χ2n) is 6.77. The van der Waals surface area contributed by atoms with Crippen molar-refractivity contribution in [2.75, 3.05) is 52.6 Å². The first-order valence-electron chi connectivity index (χ1n) is 9.18. The van der Waals surface area contributed by atoms with Crippen LogP contribution in [-0.4, -0.2) is 85.5 Å². The Morgan fingerprint density at radius 1 is 1.24 bits per heavy atom. The molecule has 2 aliphatic heterocycles. The molecule has 0 radical (unpaired) electrons. The van der Waals surface area contributed by atoms with E-state index in [1.165, 1.54) is 38.0 Å². The number of carbonyl (C=O) groups excluding carboxylic acids is 1. The number of rotatable bonds is 7. The molecular weight excluding hydrogens is 449 g/mol. The van der Waals surface area contributed by atoms with Crippen LogP contribution in [0.4, 0.5) is 0 Å². The normalized spacial score (nSPS) is 24.0. The second-order valence-corrected chi connectivity index (χ2v) is 8.18. The summed E-state index contributed by atoms with van der Waals surface area (Å²) in [5.41, 5.74) is 0. The summed E-state index contributed by atoms with van der Waals surface area (Å²) in [6.07, 6.45) is 5.10. The van der Waals surface area contributed by atoms with Crippen LogP contribution in [-0.2, 0) is 4.79 Å². The van der Waals surface area contributed by atoms with E-state index in [0.29, 0.717) is 11.3 Å². The van der Waals surface area contributed by atoms with Crippen molar-refractivity contribution in [3.05, 3.63) is 0 Å². The lowest BCUT2D eigenvalue weighted by molar-refractivity contribution is -0.127. The molecule has 2 unspecified atom stereocenters. The highest BCUT2D eigenvalue weighted by Gasteiger charge is 2.23. The highest BCUT2D eigenvalue weighted by atomic mass is 127. The van der Waals surface area contributed by atoms with E-state index in [0.717, 1.165) is 25.6 Å². The van der Waals surface area contributed by atoms with Crippen LogP contribution < -0.4 is 10.6 Å². The molecule has 0 aromatic rings. The zero-order chi connectivity index (χ0) is 17.4. The first kappa shape index (κ1) is 22.8. The fraction of sp³-hybridized carbons (Fsp3) is 0.882. The first-order valence-corrected chi connectivity index (χ1v) is 10.2. The van der Waals surface area contributed by atoms with Gasteiger partial charge in [0.15, 0.2) is 5.96 Å². The molecule has 2 rings (SSSR count). The molecule has 25 heavy (non-hydrogen) atoms. The van der Waals surface area contributed by atoms with Crippen LogP contribution in [0.1, 0.15) is 32.6 Å². The molecule has 8 heteroatoms. The largest absolute Gasteiger partial charge is 0.355 e. The third-order valence-corrected chi connectivity index (χ3v) is 6.20. The molecule has 0 aromatic heterocycles. The van der Waals surface area contributed by atoms with Crippen molar-refractivity contribution < 1.29 is 4.79 Å². The number of nitrogens with one attached hydrogen (secondary N) is 2. The van der Waals surface area contributed by atoms with Crippen molar-refractivity contribution in [3.63, 3.8) is 0 Å². The number of thioether (sulfide) groups is 1. The molecule has 2 saturated heterocycles. The molecule has 0 aliphatic carbocycles. The first-order chi connectivity index (χ1) is 11.6. The van der Waals surface area contributed by atoms with Gasteiger partial charge in [0.2, 0.25) is 5.91 Å². The molecule has 2 heterocycles. The number of carbonyl (C=O) groups is 1. The quantitative estimate of drug-likeness (QED) is 0.328. The predicted octanol–water partition coefficient (Wildman–Crippen LogP) is 1.61. The smallest absolute Gasteiger partial charge is 0.243 e. The Morgan fingerprint density at radius 3 is 2.64 bits per heavy atom. The summed E-state index contributed by atoms with van der Waals surface area (Å²) in [5, 5.41) is 7.57. The fourth-order valence-corrected chi connectivity index (χ4v) is 4.44. The fourth-order valence-electron chi connectivity index (χ4n) is 3.24. The second kappa shape index (κ2) is 12.2. The summed E-state index contributed by atoms with van der Waals surface area (Å²) >= 11 is 2.03. The van der Waals surface area contributed by atoms with Crippen molar-refractivity contribution in [2.45, 2.75) is 43.9 Å². The molecule has 0 saturated carbocycles. The molecule has 2 N–H and O–H groups in total. The number of hydrogen-bond donors (Lipinski definition) is 2. The highest BCUT2D eigenvalue weighted by Crippen LogP contribution is 2.25. The van der Waals surface area contributed by atoms with Crippen LogP contribution in [0.15, 0.2) is 4.99 Å². The number of aliphatic imine (C=N–C) groups is 1. The average molecular weight is 483 g/mol. The monoisotopic (exact) mass is 483 g/mol. The van der Waals surface area contributed by atoms with E-state index in [-0.39, 0.29) is 36.4 Å². The standard InChI is InChI=1S/C17H33N5OS.HI/c1-4-22-9-5-7-14(22)11-18-17(20-13-16(23)21(2)3)19-12-15-8-6-10-24-15;/h14-15H,4-13H2,1-3H3,(H2,18,19,20);1H. The minimum absolute atomic E-state index is 0. The zero-order valence-electron chi connectivity index (χ0n) is 15.8. The van der Waals surface area contributed by atoms with Gasteiger partial charge < -0.3 is 15.5 Å². The number of amides is 1. The Hall–Kier alpha value is -0.220. The van der Waals surface area contributed by atoms with Crippen molar-refractivity contribution in [3.8, 4) is 0 Å². The molecule has 146 valence electrons. The van der Waals surface area contributed by atoms with Crippen LogP contribution in [0.2, 0.25) is 0 Å². The van der Waals surface area contributed by atoms with Gasteiger partial charge in [0.1, 0.15) is 6.54 Å². The SMILES string of the molecule is CCN1CCCC1CNC(=NCC(=O)N(C)C)NCC1CCCS1.I. The van der Waals surface area contributed by atoms with Gasteiger partial charge in [0, 0.05) is 38.5 Å². The van der Waals surface area contributed by atoms with Gasteiger partial charge in [-0.05, 0) is 44.5 Å². The van der Waals surface area contributed by atoms with Gasteiger partial charge in [0.05, 0.1) is 0 Å². The van der Waals surface area contributed by atoms with E-state index in [1.807, 2.05) is 11.8 Å². The maximum absolute atomic E-state index is 11.8. The van der Waals surface area contributed by atoms with Crippen molar-refractivity contribution in [2.24, 2.45) is 4.99 Å². The summed E-state index contributed by atoms with van der Waals surface area (Å²) in [7, 11) is 3.54. The van der Waals surface area contributed by atoms with Crippen molar-refractivity contribution in [1.29, 1.82) is 0 Å². The molecular formula is C17H34IN5OS. The Balaban J connectivity index is 0.00000312. The number of hydrogen-bond acceptors (Lipinski definition) is 4. The lowest BCUT2D eigenvalue weighted by atomic mass is 10.2. The summed E-state index contributed by atoms with van der Waals surface area (Å²) in [6.45, 7) is 6.54. The summed E-state index contributed by atoms with van der Waals surface area (Å²) in [6, 6.07) is 0.576. The van der Waals surface area contributed by atoms with Gasteiger partial charge in [-0.2, -0.15) is 11.8 Å². The van der Waals surface area contributed by atoms with E-state index in [1.54, 1.807) is 19.0 Å². The minimum atomic E-state index is 0. The van der Waals surface area contributed by atoms with E-state index in [2.05, 4.69) is 27.4 Å². The molecule has 2 atom stereocenters. The number of likely N-dealkylation sites (tertiary alicyclic amines) is 1. The van der Waals surface area contributed by atoms with Gasteiger partial charge >= 0.3 is 0 Å². The predicted molar refractivity (Wildman–Crippen MR) is 118 cm³/mol. The van der Waals surface area contributed by atoms with Crippen LogP contribution in [0.25, 0.3) is 0 Å². The summed E-state index contributed by atoms with van der Waals surface area (Å²) in [5.74, 6) is 2.07. The third-order valence-electron chi connectivity index (χ3n) is 4.80. The van der Waals surface area contributed by atoms with Crippen LogP contribution in [0, 0.1) is 0 Å². The number of likely N-dealkylation sites (N-methyl/N-ethyl adjacent to an activating group) is 2. The molecule has 2 aliphatic rings. The van der Waals surface area contributed by atoms with Crippen LogP contribution >= 0.6 is 35.7 Å². The molecule has 2 fully saturated rings. The number of guanidine groups is 1. The number of halogens is 1. The van der Waals surface area contributed by atoms with Crippen LogP contribution in [0.5, 0.6) is 0 Å². The minimum Gasteiger partial charge on any atom is -0.355 e. The van der Waals surface area contributed by atoms with E-state index < -0.39 is 0 Å². The lowest BCUT2D eigenvalue weighted by Gasteiger charge is -2.24. The van der Waals surface area contributed by atoms with Gasteiger partial charge in [-0.15, -0.1) is 24.0 Å². The summed E-state index contributed by atoms with van der Waals surface area (Å²) < 4.78 is 0. The molecule has 0 spiro atoms. The average Bonchev–Trinajstić information content (AvgIpc) is 3.24. The van der Waals surface area contributed by atoms with E-state index >= 15 is 0 Å².